The molecule has 0 saturated carbocycles. The molecule has 0 aliphatic rings. The molecule has 3 heteroatoms. The van der Waals surface area contributed by atoms with E-state index in [2.05, 4.69) is 60.7 Å². The van der Waals surface area contributed by atoms with E-state index in [9.17, 15) is 0 Å². The van der Waals surface area contributed by atoms with Crippen LogP contribution in [-0.2, 0) is 0 Å². The number of benzene rings is 1. The van der Waals surface area contributed by atoms with Crippen molar-refractivity contribution in [3.63, 3.8) is 0 Å². The van der Waals surface area contributed by atoms with E-state index in [0.29, 0.717) is 6.04 Å². The van der Waals surface area contributed by atoms with E-state index in [0.717, 1.165) is 26.2 Å². The molecule has 1 atom stereocenters. The summed E-state index contributed by atoms with van der Waals surface area (Å²) in [5.74, 6) is 1.24. The molecule has 0 saturated heterocycles. The van der Waals surface area contributed by atoms with Crippen LogP contribution in [0, 0.1) is 0 Å². The highest BCUT2D eigenvalue weighted by atomic mass is 32.2. The summed E-state index contributed by atoms with van der Waals surface area (Å²) in [6.45, 7) is 8.84. The van der Waals surface area contributed by atoms with Crippen LogP contribution in [0.1, 0.15) is 31.9 Å². The predicted molar refractivity (Wildman–Crippen MR) is 88.0 cm³/mol. The minimum absolute atomic E-state index is 0.491. The number of nitrogens with one attached hydrogen (secondary N) is 1. The number of rotatable bonds is 10. The van der Waals surface area contributed by atoms with Gasteiger partial charge < -0.3 is 5.32 Å². The second kappa shape index (κ2) is 10.3. The van der Waals surface area contributed by atoms with E-state index in [1.807, 2.05) is 11.8 Å². The topological polar surface area (TPSA) is 15.3 Å². The van der Waals surface area contributed by atoms with Gasteiger partial charge in [0, 0.05) is 12.6 Å². The quantitative estimate of drug-likeness (QED) is 0.661. The molecule has 1 aromatic carbocycles. The Morgan fingerprint density at radius 1 is 1.16 bits per heavy atom. The van der Waals surface area contributed by atoms with Gasteiger partial charge in [-0.15, -0.1) is 0 Å². The van der Waals surface area contributed by atoms with Crippen LogP contribution in [0.15, 0.2) is 30.3 Å². The number of hydrogen-bond acceptors (Lipinski definition) is 3. The molecule has 0 aliphatic carbocycles. The molecular formula is C16H28N2S. The zero-order chi connectivity index (χ0) is 13.9. The summed E-state index contributed by atoms with van der Waals surface area (Å²) in [6.07, 6.45) is 3.42. The Hall–Kier alpha value is -0.510. The SMILES string of the molecule is CCN(CC)C(CNCCCSC)c1ccccc1. The fraction of sp³-hybridized carbons (Fsp3) is 0.625. The third-order valence-electron chi connectivity index (χ3n) is 3.48. The first kappa shape index (κ1) is 16.5. The Bertz CT molecular complexity index is 312. The summed E-state index contributed by atoms with van der Waals surface area (Å²) in [5.41, 5.74) is 1.42. The molecule has 1 N–H and O–H groups in total. The van der Waals surface area contributed by atoms with Crippen LogP contribution in [0.3, 0.4) is 0 Å². The summed E-state index contributed by atoms with van der Waals surface area (Å²) in [5, 5.41) is 3.61. The second-order valence-corrected chi connectivity index (χ2v) is 5.68. The first-order valence-electron chi connectivity index (χ1n) is 7.32. The molecule has 2 nitrogen and oxygen atoms in total. The van der Waals surface area contributed by atoms with Gasteiger partial charge >= 0.3 is 0 Å². The van der Waals surface area contributed by atoms with E-state index >= 15 is 0 Å². The summed E-state index contributed by atoms with van der Waals surface area (Å²) >= 11 is 1.92. The smallest absolute Gasteiger partial charge is 0.0472 e. The van der Waals surface area contributed by atoms with Crippen LogP contribution < -0.4 is 5.32 Å². The van der Waals surface area contributed by atoms with Crippen molar-refractivity contribution < 1.29 is 0 Å². The van der Waals surface area contributed by atoms with Gasteiger partial charge in [-0.05, 0) is 43.6 Å². The predicted octanol–water partition coefficient (Wildman–Crippen LogP) is 3.41. The van der Waals surface area contributed by atoms with Gasteiger partial charge in [0.2, 0.25) is 0 Å². The Balaban J connectivity index is 2.55. The molecule has 0 aliphatic heterocycles. The third kappa shape index (κ3) is 5.98. The van der Waals surface area contributed by atoms with Gasteiger partial charge in [0.1, 0.15) is 0 Å². The van der Waals surface area contributed by atoms with Crippen molar-refractivity contribution in [2.75, 3.05) is 38.2 Å². The standard InChI is InChI=1S/C16H28N2S/c1-4-18(5-2)16(14-17-12-9-13-19-3)15-10-7-6-8-11-15/h6-8,10-11,16-17H,4-5,9,12-14H2,1-3H3. The third-order valence-corrected chi connectivity index (χ3v) is 4.17. The number of thioether (sulfide) groups is 1. The maximum Gasteiger partial charge on any atom is 0.0472 e. The molecule has 0 aromatic heterocycles. The molecule has 1 aromatic rings. The van der Waals surface area contributed by atoms with Crippen LogP contribution >= 0.6 is 11.8 Å². The van der Waals surface area contributed by atoms with Gasteiger partial charge in [0.05, 0.1) is 0 Å². The summed E-state index contributed by atoms with van der Waals surface area (Å²) in [4.78, 5) is 2.52. The van der Waals surface area contributed by atoms with Crippen molar-refractivity contribution in [3.05, 3.63) is 35.9 Å². The minimum atomic E-state index is 0.491. The molecule has 0 spiro atoms. The first-order chi connectivity index (χ1) is 9.33. The van der Waals surface area contributed by atoms with Crippen molar-refractivity contribution in [1.29, 1.82) is 0 Å². The fourth-order valence-corrected chi connectivity index (χ4v) is 2.81. The number of hydrogen-bond donors (Lipinski definition) is 1. The van der Waals surface area contributed by atoms with E-state index in [1.165, 1.54) is 17.7 Å². The van der Waals surface area contributed by atoms with Gasteiger partial charge in [0.15, 0.2) is 0 Å². The number of nitrogens with zero attached hydrogens (tertiary/aromatic N) is 1. The molecule has 0 bridgehead atoms. The van der Waals surface area contributed by atoms with Crippen molar-refractivity contribution >= 4 is 11.8 Å². The van der Waals surface area contributed by atoms with Gasteiger partial charge in [0.25, 0.3) is 0 Å². The zero-order valence-corrected chi connectivity index (χ0v) is 13.4. The zero-order valence-electron chi connectivity index (χ0n) is 12.6. The lowest BCUT2D eigenvalue weighted by Gasteiger charge is -2.30. The Kier molecular flexibility index (Phi) is 8.97. The van der Waals surface area contributed by atoms with Crippen molar-refractivity contribution in [3.8, 4) is 0 Å². The largest absolute Gasteiger partial charge is 0.315 e. The average Bonchev–Trinajstić information content (AvgIpc) is 2.47. The maximum atomic E-state index is 3.61. The molecule has 0 fully saturated rings. The lowest BCUT2D eigenvalue weighted by atomic mass is 10.1. The van der Waals surface area contributed by atoms with Gasteiger partial charge in [-0.25, -0.2) is 0 Å². The molecule has 0 radical (unpaired) electrons. The Morgan fingerprint density at radius 2 is 1.84 bits per heavy atom. The highest BCUT2D eigenvalue weighted by Crippen LogP contribution is 2.19. The molecule has 1 unspecified atom stereocenters. The Morgan fingerprint density at radius 3 is 2.42 bits per heavy atom. The average molecular weight is 280 g/mol. The van der Waals surface area contributed by atoms with E-state index in [4.69, 9.17) is 0 Å². The molecule has 1 rings (SSSR count). The molecule has 0 heterocycles. The molecule has 19 heavy (non-hydrogen) atoms. The summed E-state index contributed by atoms with van der Waals surface area (Å²) in [7, 11) is 0. The van der Waals surface area contributed by atoms with Crippen LogP contribution in [0.2, 0.25) is 0 Å². The number of likely N-dealkylation sites (N-methyl/N-ethyl adjacent to an activating group) is 1. The Labute approximate surface area is 123 Å². The maximum absolute atomic E-state index is 3.61. The first-order valence-corrected chi connectivity index (χ1v) is 8.71. The lowest BCUT2D eigenvalue weighted by Crippen LogP contribution is -2.36. The van der Waals surface area contributed by atoms with E-state index in [1.54, 1.807) is 0 Å². The lowest BCUT2D eigenvalue weighted by molar-refractivity contribution is 0.213. The highest BCUT2D eigenvalue weighted by molar-refractivity contribution is 7.98. The monoisotopic (exact) mass is 280 g/mol. The van der Waals surface area contributed by atoms with Crippen LogP contribution in [0.25, 0.3) is 0 Å². The highest BCUT2D eigenvalue weighted by Gasteiger charge is 2.16. The normalized spacial score (nSPS) is 12.8. The van der Waals surface area contributed by atoms with Crippen LogP contribution in [0.5, 0.6) is 0 Å². The van der Waals surface area contributed by atoms with E-state index in [-0.39, 0.29) is 0 Å². The van der Waals surface area contributed by atoms with Crippen LogP contribution in [0.4, 0.5) is 0 Å². The van der Waals surface area contributed by atoms with Crippen molar-refractivity contribution in [2.24, 2.45) is 0 Å². The second-order valence-electron chi connectivity index (χ2n) is 4.70. The van der Waals surface area contributed by atoms with Crippen molar-refractivity contribution in [2.45, 2.75) is 26.3 Å². The summed E-state index contributed by atoms with van der Waals surface area (Å²) in [6, 6.07) is 11.3. The molecule has 0 amide bonds. The molecule has 108 valence electrons. The fourth-order valence-electron chi connectivity index (χ4n) is 2.38. The van der Waals surface area contributed by atoms with Crippen LogP contribution in [-0.4, -0.2) is 43.1 Å². The van der Waals surface area contributed by atoms with Gasteiger partial charge in [-0.3, -0.25) is 4.90 Å². The van der Waals surface area contributed by atoms with Crippen molar-refractivity contribution in [1.82, 2.24) is 10.2 Å². The van der Waals surface area contributed by atoms with Gasteiger partial charge in [-0.1, -0.05) is 44.2 Å². The van der Waals surface area contributed by atoms with E-state index < -0.39 is 0 Å². The molecular weight excluding hydrogens is 252 g/mol. The summed E-state index contributed by atoms with van der Waals surface area (Å²) < 4.78 is 0. The minimum Gasteiger partial charge on any atom is -0.315 e. The van der Waals surface area contributed by atoms with Gasteiger partial charge in [-0.2, -0.15) is 11.8 Å².